The molecule has 0 fully saturated rings. The molecular formula is C6H10O5P2S2. The summed E-state index contributed by atoms with van der Waals surface area (Å²) in [5.74, 6) is -0.413. The number of hydrogen-bond donors (Lipinski definition) is 3. The highest BCUT2D eigenvalue weighted by Gasteiger charge is 2.28. The fourth-order valence-electron chi connectivity index (χ4n) is 0.883. The molecule has 0 aromatic carbocycles. The maximum absolute atomic E-state index is 10.7. The first-order valence-electron chi connectivity index (χ1n) is 3.80. The molecular weight excluding hydrogens is 278 g/mol. The molecule has 0 aliphatic heterocycles. The lowest BCUT2D eigenvalue weighted by Gasteiger charge is -2.17. The van der Waals surface area contributed by atoms with Crippen LogP contribution in [-0.4, -0.2) is 20.6 Å². The maximum atomic E-state index is 10.7. The van der Waals surface area contributed by atoms with E-state index in [-0.39, 0.29) is 0 Å². The summed E-state index contributed by atoms with van der Waals surface area (Å²) in [6.07, 6.45) is 0. The van der Waals surface area contributed by atoms with Crippen molar-refractivity contribution in [2.24, 2.45) is 0 Å². The van der Waals surface area contributed by atoms with Crippen molar-refractivity contribution in [2.75, 3.05) is 5.90 Å². The molecule has 86 valence electrons. The largest absolute Gasteiger partial charge is 0.442 e. The summed E-state index contributed by atoms with van der Waals surface area (Å²) < 4.78 is 15.7. The molecule has 0 radical (unpaired) electrons. The summed E-state index contributed by atoms with van der Waals surface area (Å²) in [5.41, 5.74) is 0. The van der Waals surface area contributed by atoms with Crippen LogP contribution in [0, 0.1) is 6.92 Å². The Morgan fingerprint density at radius 3 is 2.53 bits per heavy atom. The zero-order chi connectivity index (χ0) is 11.7. The van der Waals surface area contributed by atoms with Gasteiger partial charge in [-0.15, -0.1) is 11.3 Å². The topological polar surface area (TPSA) is 87.0 Å². The van der Waals surface area contributed by atoms with E-state index in [1.807, 2.05) is 0 Å². The van der Waals surface area contributed by atoms with Crippen LogP contribution in [0.2, 0.25) is 0 Å². The zero-order valence-electron chi connectivity index (χ0n) is 7.73. The van der Waals surface area contributed by atoms with E-state index in [4.69, 9.17) is 14.3 Å². The highest BCUT2D eigenvalue weighted by Crippen LogP contribution is 2.55. The molecule has 5 nitrogen and oxygen atoms in total. The Labute approximate surface area is 96.1 Å². The second-order valence-electron chi connectivity index (χ2n) is 2.88. The molecule has 1 atom stereocenters. The number of hydrogen-bond acceptors (Lipinski definition) is 4. The van der Waals surface area contributed by atoms with Gasteiger partial charge in [-0.25, -0.2) is 0 Å². The van der Waals surface area contributed by atoms with Crippen molar-refractivity contribution < 1.29 is 23.8 Å². The van der Waals surface area contributed by atoms with Crippen LogP contribution in [0.3, 0.4) is 0 Å². The fraction of sp³-hybridized carbons (Fsp3) is 0.333. The van der Waals surface area contributed by atoms with E-state index in [9.17, 15) is 9.46 Å². The third-order valence-corrected chi connectivity index (χ3v) is 6.89. The summed E-state index contributed by atoms with van der Waals surface area (Å²) in [5, 5.41) is 1.75. The van der Waals surface area contributed by atoms with Gasteiger partial charge in [0.25, 0.3) is 0 Å². The Morgan fingerprint density at radius 2 is 2.13 bits per heavy atom. The second kappa shape index (κ2) is 4.63. The minimum atomic E-state index is -4.35. The van der Waals surface area contributed by atoms with E-state index < -0.39 is 20.0 Å². The van der Waals surface area contributed by atoms with Gasteiger partial charge in [0.2, 0.25) is 6.49 Å². The Kier molecular flexibility index (Phi) is 4.12. The summed E-state index contributed by atoms with van der Waals surface area (Å²) in [6.45, 7) is -1.68. The van der Waals surface area contributed by atoms with E-state index in [0.717, 1.165) is 4.88 Å². The standard InChI is InChI=1S/C6H10O5P2S2/c1-5-6(2-3-15-5)11-13(10,14)4-12(7,8)9/h2-3H,4H2,1H3,(H,10,14)(H2,7,8,9). The second-order valence-corrected chi connectivity index (χ2v) is 9.63. The predicted octanol–water partition coefficient (Wildman–Crippen LogP) is 1.87. The van der Waals surface area contributed by atoms with Gasteiger partial charge in [0, 0.05) is 4.88 Å². The number of rotatable bonds is 4. The highest BCUT2D eigenvalue weighted by molar-refractivity contribution is 8.12. The van der Waals surface area contributed by atoms with Crippen molar-refractivity contribution in [1.82, 2.24) is 0 Å². The van der Waals surface area contributed by atoms with E-state index in [1.54, 1.807) is 18.4 Å². The Morgan fingerprint density at radius 1 is 1.53 bits per heavy atom. The average Bonchev–Trinajstić information content (AvgIpc) is 2.29. The zero-order valence-corrected chi connectivity index (χ0v) is 11.2. The monoisotopic (exact) mass is 288 g/mol. The minimum Gasteiger partial charge on any atom is -0.442 e. The summed E-state index contributed by atoms with van der Waals surface area (Å²) >= 11 is 6.06. The van der Waals surface area contributed by atoms with Crippen LogP contribution in [-0.2, 0) is 16.4 Å². The fourth-order valence-corrected chi connectivity index (χ4v) is 5.76. The van der Waals surface area contributed by atoms with Gasteiger partial charge >= 0.3 is 7.60 Å². The van der Waals surface area contributed by atoms with Gasteiger partial charge < -0.3 is 19.2 Å². The Hall–Kier alpha value is 0.260. The summed E-state index contributed by atoms with van der Waals surface area (Å²) in [6, 6.07) is 1.61. The van der Waals surface area contributed by atoms with Crippen LogP contribution in [0.1, 0.15) is 4.88 Å². The van der Waals surface area contributed by atoms with Gasteiger partial charge in [0.15, 0.2) is 0 Å². The van der Waals surface area contributed by atoms with Crippen molar-refractivity contribution in [1.29, 1.82) is 0 Å². The van der Waals surface area contributed by atoms with Crippen LogP contribution in [0.25, 0.3) is 0 Å². The van der Waals surface area contributed by atoms with Crippen LogP contribution in [0.5, 0.6) is 5.75 Å². The third-order valence-electron chi connectivity index (χ3n) is 1.42. The molecule has 0 saturated carbocycles. The van der Waals surface area contributed by atoms with Gasteiger partial charge in [-0.05, 0) is 30.2 Å². The smallest absolute Gasteiger partial charge is 0.336 e. The van der Waals surface area contributed by atoms with Crippen LogP contribution >= 0.6 is 25.4 Å². The predicted molar refractivity (Wildman–Crippen MR) is 63.1 cm³/mol. The Bertz CT molecular complexity index is 436. The molecule has 0 aliphatic rings. The molecule has 0 amide bonds. The molecule has 3 N–H and O–H groups in total. The molecule has 1 aromatic rings. The minimum absolute atomic E-state index is 0.388. The van der Waals surface area contributed by atoms with Crippen LogP contribution < -0.4 is 4.52 Å². The molecule has 1 aromatic heterocycles. The lowest BCUT2D eigenvalue weighted by molar-refractivity contribution is 0.375. The van der Waals surface area contributed by atoms with Gasteiger partial charge in [0.05, 0.1) is 0 Å². The van der Waals surface area contributed by atoms with Crippen molar-refractivity contribution in [3.05, 3.63) is 16.3 Å². The van der Waals surface area contributed by atoms with Gasteiger partial charge in [-0.1, -0.05) is 0 Å². The van der Waals surface area contributed by atoms with Crippen LogP contribution in [0.4, 0.5) is 0 Å². The van der Waals surface area contributed by atoms with Crippen molar-refractivity contribution in [3.63, 3.8) is 0 Å². The molecule has 1 rings (SSSR count). The molecule has 1 unspecified atom stereocenters. The van der Waals surface area contributed by atoms with E-state index in [0.29, 0.717) is 5.75 Å². The van der Waals surface area contributed by atoms with Gasteiger partial charge in [0.1, 0.15) is 11.7 Å². The molecule has 0 spiro atoms. The highest BCUT2D eigenvalue weighted by atomic mass is 32.5. The lowest BCUT2D eigenvalue weighted by atomic mass is 10.5. The lowest BCUT2D eigenvalue weighted by Crippen LogP contribution is -1.97. The van der Waals surface area contributed by atoms with Gasteiger partial charge in [-0.3, -0.25) is 4.57 Å². The van der Waals surface area contributed by atoms with Crippen molar-refractivity contribution in [2.45, 2.75) is 6.92 Å². The first-order chi connectivity index (χ1) is 6.70. The van der Waals surface area contributed by atoms with E-state index in [1.165, 1.54) is 11.3 Å². The van der Waals surface area contributed by atoms with Gasteiger partial charge in [-0.2, -0.15) is 0 Å². The third kappa shape index (κ3) is 4.74. The molecule has 0 aliphatic carbocycles. The average molecular weight is 288 g/mol. The van der Waals surface area contributed by atoms with Crippen molar-refractivity contribution >= 4 is 37.2 Å². The molecule has 9 heteroatoms. The van der Waals surface area contributed by atoms with E-state index in [2.05, 4.69) is 11.8 Å². The summed E-state index contributed by atoms with van der Waals surface area (Å²) in [7, 11) is -4.35. The normalized spacial score (nSPS) is 16.0. The first kappa shape index (κ1) is 13.3. The van der Waals surface area contributed by atoms with Crippen molar-refractivity contribution in [3.8, 4) is 5.75 Å². The summed E-state index contributed by atoms with van der Waals surface area (Å²) in [4.78, 5) is 27.7. The molecule has 15 heavy (non-hydrogen) atoms. The Balaban J connectivity index is 2.78. The molecule has 0 bridgehead atoms. The SMILES string of the molecule is Cc1sccc1OP(O)(=S)CP(=O)(O)O. The number of aryl methyl sites for hydroxylation is 1. The number of thiophene rings is 1. The quantitative estimate of drug-likeness (QED) is 0.733. The molecule has 1 heterocycles. The first-order valence-corrected chi connectivity index (χ1v) is 9.33. The maximum Gasteiger partial charge on any atom is 0.336 e. The van der Waals surface area contributed by atoms with E-state index >= 15 is 0 Å². The molecule has 0 saturated heterocycles. The van der Waals surface area contributed by atoms with Crippen LogP contribution in [0.15, 0.2) is 11.4 Å².